The second-order valence-electron chi connectivity index (χ2n) is 10.3. The highest BCUT2D eigenvalue weighted by atomic mass is 16.3. The number of hydrogen-bond donors (Lipinski definition) is 1. The Morgan fingerprint density at radius 3 is 2.70 bits per heavy atom. The molecule has 0 saturated carbocycles. The van der Waals surface area contributed by atoms with Gasteiger partial charge in [0, 0.05) is 35.9 Å². The standard InChI is InChI=1S/C30H33N2O/c1-2-22-20-32(19-21-11-12-23-7-3-4-8-24(23)17-21)16-14-25(22)18-29(32)30(33)27-13-15-31-28-10-6-5-9-26(27)28/h3-13,15,17,22,25,29-30,33H,2,14,16,18-20H2,1H3/q+1/t22?,25?,29?,30-,32?/m0/s1. The molecule has 4 aromatic rings. The van der Waals surface area contributed by atoms with Crippen LogP contribution in [0.25, 0.3) is 21.7 Å². The van der Waals surface area contributed by atoms with Crippen molar-refractivity contribution in [2.45, 2.75) is 44.9 Å². The second kappa shape index (κ2) is 8.23. The first-order valence-corrected chi connectivity index (χ1v) is 12.5. The van der Waals surface area contributed by atoms with Gasteiger partial charge in [0.15, 0.2) is 0 Å². The van der Waals surface area contributed by atoms with Crippen molar-refractivity contribution < 1.29 is 9.59 Å². The van der Waals surface area contributed by atoms with Gasteiger partial charge in [0.2, 0.25) is 0 Å². The summed E-state index contributed by atoms with van der Waals surface area (Å²) in [5.41, 5.74) is 3.40. The molecule has 0 aliphatic carbocycles. The van der Waals surface area contributed by atoms with E-state index >= 15 is 0 Å². The van der Waals surface area contributed by atoms with Gasteiger partial charge in [-0.15, -0.1) is 0 Å². The number of aliphatic hydroxyl groups is 1. The van der Waals surface area contributed by atoms with Crippen molar-refractivity contribution in [1.29, 1.82) is 0 Å². The zero-order valence-electron chi connectivity index (χ0n) is 19.4. The fourth-order valence-corrected chi connectivity index (χ4v) is 6.95. The Balaban J connectivity index is 1.40. The van der Waals surface area contributed by atoms with Crippen LogP contribution in [-0.4, -0.2) is 33.7 Å². The Labute approximate surface area is 196 Å². The molecule has 5 atom stereocenters. The molecule has 0 amide bonds. The van der Waals surface area contributed by atoms with Gasteiger partial charge in [-0.2, -0.15) is 0 Å². The highest BCUT2D eigenvalue weighted by molar-refractivity contribution is 5.83. The number of para-hydroxylation sites is 1. The molecule has 3 fully saturated rings. The van der Waals surface area contributed by atoms with E-state index in [-0.39, 0.29) is 6.04 Å². The number of piperidine rings is 3. The van der Waals surface area contributed by atoms with E-state index in [0.29, 0.717) is 0 Å². The van der Waals surface area contributed by atoms with Crippen molar-refractivity contribution in [2.75, 3.05) is 13.1 Å². The lowest BCUT2D eigenvalue weighted by Gasteiger charge is -2.58. The van der Waals surface area contributed by atoms with Crippen molar-refractivity contribution in [3.63, 3.8) is 0 Å². The molecular formula is C30H33N2O+. The van der Waals surface area contributed by atoms with E-state index in [1.54, 1.807) is 0 Å². The molecule has 2 bridgehead atoms. The average molecular weight is 438 g/mol. The van der Waals surface area contributed by atoms with Crippen molar-refractivity contribution in [3.8, 4) is 0 Å². The maximum Gasteiger partial charge on any atom is 0.131 e. The van der Waals surface area contributed by atoms with Crippen LogP contribution in [0.2, 0.25) is 0 Å². The van der Waals surface area contributed by atoms with Gasteiger partial charge >= 0.3 is 0 Å². The van der Waals surface area contributed by atoms with E-state index in [1.807, 2.05) is 24.4 Å². The summed E-state index contributed by atoms with van der Waals surface area (Å²) in [7, 11) is 0. The molecule has 3 aliphatic heterocycles. The lowest BCUT2D eigenvalue weighted by Crippen LogP contribution is -2.67. The minimum absolute atomic E-state index is 0.226. The molecule has 0 radical (unpaired) electrons. The zero-order chi connectivity index (χ0) is 22.4. The molecule has 3 aliphatic rings. The maximum absolute atomic E-state index is 11.9. The van der Waals surface area contributed by atoms with Crippen LogP contribution in [-0.2, 0) is 6.54 Å². The van der Waals surface area contributed by atoms with Crippen LogP contribution >= 0.6 is 0 Å². The van der Waals surface area contributed by atoms with Gasteiger partial charge < -0.3 is 9.59 Å². The molecule has 1 aromatic heterocycles. The Hall–Kier alpha value is -2.75. The maximum atomic E-state index is 11.9. The third kappa shape index (κ3) is 3.55. The van der Waals surface area contributed by atoms with E-state index in [9.17, 15) is 5.11 Å². The number of nitrogens with zero attached hydrogens (tertiary/aromatic N) is 2. The van der Waals surface area contributed by atoms with Crippen molar-refractivity contribution in [2.24, 2.45) is 11.8 Å². The number of aromatic nitrogens is 1. The molecule has 168 valence electrons. The number of rotatable bonds is 5. The van der Waals surface area contributed by atoms with Gasteiger partial charge in [-0.3, -0.25) is 4.98 Å². The van der Waals surface area contributed by atoms with Crippen molar-refractivity contribution >= 4 is 21.7 Å². The van der Waals surface area contributed by atoms with Crippen LogP contribution in [0.15, 0.2) is 79.0 Å². The van der Waals surface area contributed by atoms with Crippen LogP contribution in [0.5, 0.6) is 0 Å². The first kappa shape index (κ1) is 20.8. The lowest BCUT2D eigenvalue weighted by molar-refractivity contribution is -0.985. The summed E-state index contributed by atoms with van der Waals surface area (Å²) in [5.74, 6) is 1.50. The van der Waals surface area contributed by atoms with Crippen molar-refractivity contribution in [3.05, 3.63) is 90.1 Å². The highest BCUT2D eigenvalue weighted by Crippen LogP contribution is 2.48. The van der Waals surface area contributed by atoms with Crippen LogP contribution in [0.1, 0.15) is 43.4 Å². The summed E-state index contributed by atoms with van der Waals surface area (Å²) in [5, 5.41) is 15.6. The Morgan fingerprint density at radius 2 is 1.82 bits per heavy atom. The van der Waals surface area contributed by atoms with E-state index < -0.39 is 6.10 Å². The minimum Gasteiger partial charge on any atom is -0.382 e. The predicted molar refractivity (Wildman–Crippen MR) is 135 cm³/mol. The molecule has 3 nitrogen and oxygen atoms in total. The molecule has 0 spiro atoms. The first-order chi connectivity index (χ1) is 16.2. The Morgan fingerprint density at radius 1 is 1.00 bits per heavy atom. The van der Waals surface area contributed by atoms with Crippen LogP contribution < -0.4 is 0 Å². The number of aliphatic hydroxyl groups excluding tert-OH is 1. The number of pyridine rings is 1. The third-order valence-electron chi connectivity index (χ3n) is 8.66. The monoisotopic (exact) mass is 437 g/mol. The minimum atomic E-state index is -0.473. The molecular weight excluding hydrogens is 404 g/mol. The van der Waals surface area contributed by atoms with Crippen LogP contribution in [0, 0.1) is 11.8 Å². The Bertz CT molecular complexity index is 1300. The average Bonchev–Trinajstić information content (AvgIpc) is 2.87. The molecule has 4 heterocycles. The Kier molecular flexibility index (Phi) is 5.20. The third-order valence-corrected chi connectivity index (χ3v) is 8.66. The molecule has 3 saturated heterocycles. The molecule has 7 rings (SSSR count). The van der Waals surface area contributed by atoms with E-state index in [0.717, 1.165) is 45.8 Å². The zero-order valence-corrected chi connectivity index (χ0v) is 19.4. The summed E-state index contributed by atoms with van der Waals surface area (Å²) in [6.45, 7) is 5.69. The van der Waals surface area contributed by atoms with E-state index in [1.165, 1.54) is 42.3 Å². The van der Waals surface area contributed by atoms with Gasteiger partial charge in [-0.25, -0.2) is 0 Å². The number of benzene rings is 3. The van der Waals surface area contributed by atoms with Crippen LogP contribution in [0.3, 0.4) is 0 Å². The van der Waals surface area contributed by atoms with E-state index in [4.69, 9.17) is 0 Å². The lowest BCUT2D eigenvalue weighted by atomic mass is 9.70. The molecule has 3 aromatic carbocycles. The second-order valence-corrected chi connectivity index (χ2v) is 10.3. The van der Waals surface area contributed by atoms with Crippen molar-refractivity contribution in [1.82, 2.24) is 4.98 Å². The summed E-state index contributed by atoms with van der Waals surface area (Å²) in [6, 6.07) is 26.1. The normalized spacial score (nSPS) is 27.8. The number of hydrogen-bond acceptors (Lipinski definition) is 2. The molecule has 3 heteroatoms. The van der Waals surface area contributed by atoms with Gasteiger partial charge in [0.05, 0.1) is 18.6 Å². The largest absolute Gasteiger partial charge is 0.382 e. The summed E-state index contributed by atoms with van der Waals surface area (Å²) >= 11 is 0. The summed E-state index contributed by atoms with van der Waals surface area (Å²) in [6.07, 6.45) is 5.03. The van der Waals surface area contributed by atoms with Gasteiger partial charge in [-0.05, 0) is 46.9 Å². The quantitative estimate of drug-likeness (QED) is 0.374. The number of fused-ring (bicyclic) bond motifs is 5. The molecule has 1 N–H and O–H groups in total. The fraction of sp³-hybridized carbons (Fsp3) is 0.367. The SMILES string of the molecule is CCC1C[N+]2(Cc3ccc4ccccc4c3)CCC1CC2[C@@H](O)c1ccnc2ccccc12. The smallest absolute Gasteiger partial charge is 0.131 e. The molecule has 4 unspecified atom stereocenters. The van der Waals surface area contributed by atoms with Gasteiger partial charge in [0.25, 0.3) is 0 Å². The van der Waals surface area contributed by atoms with Crippen LogP contribution in [0.4, 0.5) is 0 Å². The van der Waals surface area contributed by atoms with Gasteiger partial charge in [0.1, 0.15) is 18.7 Å². The fourth-order valence-electron chi connectivity index (χ4n) is 6.95. The summed E-state index contributed by atoms with van der Waals surface area (Å²) < 4.78 is 1.01. The van der Waals surface area contributed by atoms with Gasteiger partial charge in [-0.1, -0.05) is 61.5 Å². The highest BCUT2D eigenvalue weighted by Gasteiger charge is 2.54. The van der Waals surface area contributed by atoms with E-state index in [2.05, 4.69) is 66.5 Å². The topological polar surface area (TPSA) is 33.1 Å². The predicted octanol–water partition coefficient (Wildman–Crippen LogP) is 6.26. The first-order valence-electron chi connectivity index (χ1n) is 12.5. The molecule has 33 heavy (non-hydrogen) atoms. The number of quaternary nitrogens is 1. The summed E-state index contributed by atoms with van der Waals surface area (Å²) in [4.78, 5) is 4.54.